The Morgan fingerprint density at radius 3 is 2.80 bits per heavy atom. The van der Waals surface area contributed by atoms with Gasteiger partial charge in [-0.1, -0.05) is 32.9 Å². The van der Waals surface area contributed by atoms with E-state index in [0.29, 0.717) is 5.56 Å². The largest absolute Gasteiger partial charge is 0.364 e. The maximum absolute atomic E-state index is 13.1. The predicted octanol–water partition coefficient (Wildman–Crippen LogP) is 3.63. The summed E-state index contributed by atoms with van der Waals surface area (Å²) in [7, 11) is 0. The fourth-order valence-electron chi connectivity index (χ4n) is 3.88. The molecule has 25 heavy (non-hydrogen) atoms. The first-order valence-corrected chi connectivity index (χ1v) is 9.14. The molecule has 1 amide bonds. The van der Waals surface area contributed by atoms with Crippen LogP contribution in [-0.4, -0.2) is 32.1 Å². The summed E-state index contributed by atoms with van der Waals surface area (Å²) in [6.07, 6.45) is 7.98. The highest BCUT2D eigenvalue weighted by Crippen LogP contribution is 2.49. The van der Waals surface area contributed by atoms with Gasteiger partial charge in [-0.05, 0) is 24.7 Å². The molecule has 2 aliphatic rings. The Balaban J connectivity index is 1.63. The van der Waals surface area contributed by atoms with Gasteiger partial charge in [0.2, 0.25) is 0 Å². The van der Waals surface area contributed by atoms with Crippen LogP contribution in [0.25, 0.3) is 0 Å². The minimum Gasteiger partial charge on any atom is -0.364 e. The zero-order chi connectivity index (χ0) is 17.8. The molecule has 0 N–H and O–H groups in total. The van der Waals surface area contributed by atoms with Crippen molar-refractivity contribution in [2.24, 2.45) is 11.3 Å². The number of imidazole rings is 1. The van der Waals surface area contributed by atoms with Gasteiger partial charge in [0.15, 0.2) is 0 Å². The monoisotopic (exact) mass is 342 g/mol. The van der Waals surface area contributed by atoms with Crippen LogP contribution in [0.3, 0.4) is 0 Å². The minimum atomic E-state index is -0.0105. The van der Waals surface area contributed by atoms with Gasteiger partial charge in [0.1, 0.15) is 17.7 Å². The molecule has 1 unspecified atom stereocenters. The van der Waals surface area contributed by atoms with E-state index in [1.807, 2.05) is 31.1 Å². The van der Waals surface area contributed by atoms with Gasteiger partial charge in [0, 0.05) is 30.9 Å². The Morgan fingerprint density at radius 2 is 2.16 bits per heavy atom. The molecule has 4 rings (SSSR count). The van der Waals surface area contributed by atoms with Gasteiger partial charge in [-0.3, -0.25) is 4.79 Å². The third kappa shape index (κ3) is 2.77. The van der Waals surface area contributed by atoms with Crippen LogP contribution in [0.2, 0.25) is 0 Å². The molecule has 1 saturated heterocycles. The number of rotatable bonds is 5. The van der Waals surface area contributed by atoms with Gasteiger partial charge in [0.25, 0.3) is 5.91 Å². The van der Waals surface area contributed by atoms with Crippen molar-refractivity contribution in [3.63, 3.8) is 0 Å². The van der Waals surface area contributed by atoms with E-state index in [4.69, 9.17) is 4.52 Å². The number of hydrogen-bond acceptors (Lipinski definition) is 4. The Bertz CT molecular complexity index is 785. The summed E-state index contributed by atoms with van der Waals surface area (Å²) in [6, 6.07) is -0.0105. The smallest absolute Gasteiger partial charge is 0.259 e. The number of likely N-dealkylation sites (tertiary alicyclic amines) is 1. The molecule has 134 valence electrons. The maximum Gasteiger partial charge on any atom is 0.259 e. The molecule has 1 saturated carbocycles. The quantitative estimate of drug-likeness (QED) is 0.832. The molecule has 0 bridgehead atoms. The van der Waals surface area contributed by atoms with Crippen molar-refractivity contribution in [1.29, 1.82) is 0 Å². The lowest BCUT2D eigenvalue weighted by atomic mass is 9.74. The summed E-state index contributed by atoms with van der Waals surface area (Å²) in [4.78, 5) is 19.7. The summed E-state index contributed by atoms with van der Waals surface area (Å²) in [5.74, 6) is 1.92. The van der Waals surface area contributed by atoms with Crippen molar-refractivity contribution in [3.05, 3.63) is 35.7 Å². The highest BCUT2D eigenvalue weighted by atomic mass is 16.5. The number of carbonyl (C=O) groups is 1. The summed E-state index contributed by atoms with van der Waals surface area (Å²) < 4.78 is 7.33. The summed E-state index contributed by atoms with van der Waals surface area (Å²) >= 11 is 0. The predicted molar refractivity (Wildman–Crippen MR) is 93.1 cm³/mol. The van der Waals surface area contributed by atoms with E-state index in [0.717, 1.165) is 30.5 Å². The van der Waals surface area contributed by atoms with Crippen LogP contribution < -0.4 is 0 Å². The zero-order valence-electron chi connectivity index (χ0n) is 15.4. The van der Waals surface area contributed by atoms with E-state index in [1.165, 1.54) is 19.1 Å². The van der Waals surface area contributed by atoms with Gasteiger partial charge in [-0.25, -0.2) is 4.98 Å². The molecular formula is C19H26N4O2. The minimum absolute atomic E-state index is 0.00440. The van der Waals surface area contributed by atoms with E-state index in [2.05, 4.69) is 28.6 Å². The summed E-state index contributed by atoms with van der Waals surface area (Å²) in [5, 5.41) is 4.02. The molecule has 2 fully saturated rings. The Morgan fingerprint density at radius 1 is 1.40 bits per heavy atom. The first-order chi connectivity index (χ1) is 11.9. The lowest BCUT2D eigenvalue weighted by Crippen LogP contribution is -2.58. The van der Waals surface area contributed by atoms with Gasteiger partial charge < -0.3 is 14.0 Å². The Labute approximate surface area is 148 Å². The second kappa shape index (κ2) is 5.71. The van der Waals surface area contributed by atoms with E-state index >= 15 is 0 Å². The molecule has 1 aliphatic heterocycles. The van der Waals surface area contributed by atoms with Crippen molar-refractivity contribution < 1.29 is 9.32 Å². The molecule has 6 heteroatoms. The zero-order valence-corrected chi connectivity index (χ0v) is 15.4. The first-order valence-electron chi connectivity index (χ1n) is 9.14. The molecule has 0 spiro atoms. The molecular weight excluding hydrogens is 316 g/mol. The van der Waals surface area contributed by atoms with Gasteiger partial charge in [0.05, 0.1) is 11.7 Å². The van der Waals surface area contributed by atoms with E-state index in [9.17, 15) is 4.79 Å². The average Bonchev–Trinajstić information content (AvgIpc) is 3.04. The standard InChI is InChI=1S/C19H26N4O2/c1-12(2)15-14(10-25-21-15)18(24)23-11-19(3,4)16(23)17-20-7-8-22(17)9-13-5-6-13/h7-8,10,12-13,16H,5-6,9,11H2,1-4H3. The summed E-state index contributed by atoms with van der Waals surface area (Å²) in [5.41, 5.74) is 1.32. The molecule has 0 radical (unpaired) electrons. The fourth-order valence-corrected chi connectivity index (χ4v) is 3.88. The number of hydrogen-bond donors (Lipinski definition) is 0. The molecule has 1 atom stereocenters. The van der Waals surface area contributed by atoms with E-state index in [1.54, 1.807) is 0 Å². The number of nitrogens with zero attached hydrogens (tertiary/aromatic N) is 4. The normalized spacial score (nSPS) is 22.3. The number of carbonyl (C=O) groups excluding carboxylic acids is 1. The van der Waals surface area contributed by atoms with Crippen LogP contribution in [0.4, 0.5) is 0 Å². The van der Waals surface area contributed by atoms with E-state index < -0.39 is 0 Å². The third-order valence-corrected chi connectivity index (χ3v) is 5.41. The highest BCUT2D eigenvalue weighted by Gasteiger charge is 2.51. The van der Waals surface area contributed by atoms with Crippen molar-refractivity contribution >= 4 is 5.91 Å². The molecule has 2 aromatic heterocycles. The Kier molecular flexibility index (Phi) is 3.74. The topological polar surface area (TPSA) is 64.2 Å². The summed E-state index contributed by atoms with van der Waals surface area (Å²) in [6.45, 7) is 10.2. The molecule has 2 aromatic rings. The van der Waals surface area contributed by atoms with Gasteiger partial charge in [-0.15, -0.1) is 0 Å². The lowest BCUT2D eigenvalue weighted by Gasteiger charge is -2.53. The highest BCUT2D eigenvalue weighted by molar-refractivity contribution is 5.96. The molecule has 0 aromatic carbocycles. The maximum atomic E-state index is 13.1. The van der Waals surface area contributed by atoms with Gasteiger partial charge in [-0.2, -0.15) is 0 Å². The van der Waals surface area contributed by atoms with Crippen LogP contribution in [0.15, 0.2) is 23.2 Å². The lowest BCUT2D eigenvalue weighted by molar-refractivity contribution is -0.0381. The van der Waals surface area contributed by atoms with Crippen LogP contribution in [0, 0.1) is 11.3 Å². The fraction of sp³-hybridized carbons (Fsp3) is 0.632. The third-order valence-electron chi connectivity index (χ3n) is 5.41. The SMILES string of the molecule is CC(C)c1nocc1C(=O)N1CC(C)(C)C1c1nccn1CC1CC1. The van der Waals surface area contributed by atoms with Crippen molar-refractivity contribution in [2.75, 3.05) is 6.54 Å². The second-order valence-corrected chi connectivity index (χ2v) is 8.47. The van der Waals surface area contributed by atoms with E-state index in [-0.39, 0.29) is 23.3 Å². The molecule has 3 heterocycles. The number of aromatic nitrogens is 3. The van der Waals surface area contributed by atoms with Gasteiger partial charge >= 0.3 is 0 Å². The van der Waals surface area contributed by atoms with Crippen molar-refractivity contribution in [2.45, 2.75) is 59.0 Å². The van der Waals surface area contributed by atoms with Crippen LogP contribution in [0.5, 0.6) is 0 Å². The molecule has 1 aliphatic carbocycles. The first kappa shape index (κ1) is 16.4. The second-order valence-electron chi connectivity index (χ2n) is 8.47. The number of amides is 1. The van der Waals surface area contributed by atoms with Crippen LogP contribution in [0.1, 0.15) is 74.4 Å². The van der Waals surface area contributed by atoms with Crippen molar-refractivity contribution in [3.8, 4) is 0 Å². The van der Waals surface area contributed by atoms with Crippen LogP contribution in [-0.2, 0) is 6.54 Å². The van der Waals surface area contributed by atoms with Crippen LogP contribution >= 0.6 is 0 Å². The average molecular weight is 342 g/mol. The Hall–Kier alpha value is -2.11. The molecule has 6 nitrogen and oxygen atoms in total. The van der Waals surface area contributed by atoms with Crippen molar-refractivity contribution in [1.82, 2.24) is 19.6 Å².